The molecule has 0 saturated carbocycles. The van der Waals surface area contributed by atoms with Crippen LogP contribution >= 0.6 is 0 Å². The number of aliphatic carboxylic acids is 1. The van der Waals surface area contributed by atoms with Crippen molar-refractivity contribution >= 4 is 5.97 Å². The fraction of sp³-hybridized carbons (Fsp3) is 0.588. The number of ether oxygens (including phenoxy) is 1. The number of aryl methyl sites for hydroxylation is 1. The zero-order chi connectivity index (χ0) is 15.6. The molecule has 4 heteroatoms. The summed E-state index contributed by atoms with van der Waals surface area (Å²) in [5, 5.41) is 9.06. The summed E-state index contributed by atoms with van der Waals surface area (Å²) in [5.41, 5.74) is 5.07. The van der Waals surface area contributed by atoms with Crippen LogP contribution in [0.3, 0.4) is 0 Å². The highest BCUT2D eigenvalue weighted by atomic mass is 16.5. The molecule has 2 rings (SSSR count). The molecule has 116 valence electrons. The molecule has 4 nitrogen and oxygen atoms in total. The highest BCUT2D eigenvalue weighted by Gasteiger charge is 2.25. The molecule has 1 aliphatic rings. The number of hydrogen-bond donors (Lipinski definition) is 1. The Bertz CT molecular complexity index is 531. The van der Waals surface area contributed by atoms with Gasteiger partial charge in [0.1, 0.15) is 5.75 Å². The van der Waals surface area contributed by atoms with Crippen molar-refractivity contribution in [3.63, 3.8) is 0 Å². The van der Waals surface area contributed by atoms with Crippen LogP contribution in [-0.2, 0) is 11.3 Å². The third-order valence-electron chi connectivity index (χ3n) is 4.75. The molecule has 1 saturated heterocycles. The number of rotatable bonds is 4. The van der Waals surface area contributed by atoms with E-state index in [9.17, 15) is 4.79 Å². The summed E-state index contributed by atoms with van der Waals surface area (Å²) in [5.74, 6) is 0.127. The minimum absolute atomic E-state index is 0.166. The van der Waals surface area contributed by atoms with E-state index in [1.807, 2.05) is 0 Å². The summed E-state index contributed by atoms with van der Waals surface area (Å²) < 4.78 is 5.41. The van der Waals surface area contributed by atoms with Crippen LogP contribution in [-0.4, -0.2) is 36.2 Å². The summed E-state index contributed by atoms with van der Waals surface area (Å²) in [6.45, 7) is 8.98. The number of likely N-dealkylation sites (tertiary alicyclic amines) is 1. The number of hydrogen-bond acceptors (Lipinski definition) is 3. The van der Waals surface area contributed by atoms with Gasteiger partial charge in [-0.3, -0.25) is 9.69 Å². The molecule has 1 aliphatic heterocycles. The normalized spacial score (nSPS) is 17.0. The number of benzene rings is 1. The summed E-state index contributed by atoms with van der Waals surface area (Å²) >= 11 is 0. The van der Waals surface area contributed by atoms with E-state index in [-0.39, 0.29) is 5.92 Å². The third-order valence-corrected chi connectivity index (χ3v) is 4.75. The van der Waals surface area contributed by atoms with Gasteiger partial charge in [-0.1, -0.05) is 0 Å². The first-order chi connectivity index (χ1) is 9.93. The van der Waals surface area contributed by atoms with Crippen molar-refractivity contribution in [1.29, 1.82) is 0 Å². The van der Waals surface area contributed by atoms with E-state index in [4.69, 9.17) is 9.84 Å². The quantitative estimate of drug-likeness (QED) is 0.926. The number of piperidine rings is 1. The van der Waals surface area contributed by atoms with Gasteiger partial charge in [0.2, 0.25) is 0 Å². The predicted molar refractivity (Wildman–Crippen MR) is 82.8 cm³/mol. The standard InChI is InChI=1S/C17H25NO3/c1-11-9-16(21-4)13(3)12(2)15(11)10-18-7-5-14(6-8-18)17(19)20/h9,14H,5-8,10H2,1-4H3,(H,19,20). The second-order valence-corrected chi connectivity index (χ2v) is 6.01. The van der Waals surface area contributed by atoms with Gasteiger partial charge in [0, 0.05) is 6.54 Å². The molecule has 1 aromatic rings. The molecule has 21 heavy (non-hydrogen) atoms. The third kappa shape index (κ3) is 3.38. The molecule has 0 radical (unpaired) electrons. The Labute approximate surface area is 126 Å². The number of carboxylic acids is 1. The fourth-order valence-electron chi connectivity index (χ4n) is 3.12. The first-order valence-corrected chi connectivity index (χ1v) is 7.52. The number of carbonyl (C=O) groups is 1. The lowest BCUT2D eigenvalue weighted by molar-refractivity contribution is -0.143. The SMILES string of the molecule is COc1cc(C)c(CN2CCC(C(=O)O)CC2)c(C)c1C. The van der Waals surface area contributed by atoms with Crippen LogP contribution < -0.4 is 4.74 Å². The van der Waals surface area contributed by atoms with Crippen molar-refractivity contribution in [2.45, 2.75) is 40.2 Å². The van der Waals surface area contributed by atoms with Crippen molar-refractivity contribution in [3.05, 3.63) is 28.3 Å². The van der Waals surface area contributed by atoms with Gasteiger partial charge in [0.05, 0.1) is 13.0 Å². The van der Waals surface area contributed by atoms with Gasteiger partial charge in [-0.2, -0.15) is 0 Å². The van der Waals surface area contributed by atoms with E-state index < -0.39 is 5.97 Å². The van der Waals surface area contributed by atoms with Gasteiger partial charge >= 0.3 is 5.97 Å². The van der Waals surface area contributed by atoms with Crippen LogP contribution in [0.15, 0.2) is 6.07 Å². The lowest BCUT2D eigenvalue weighted by Crippen LogP contribution is -2.36. The summed E-state index contributed by atoms with van der Waals surface area (Å²) in [6.07, 6.45) is 1.51. The zero-order valence-corrected chi connectivity index (χ0v) is 13.4. The second kappa shape index (κ2) is 6.48. The van der Waals surface area contributed by atoms with E-state index >= 15 is 0 Å². The van der Waals surface area contributed by atoms with Crippen LogP contribution in [0.4, 0.5) is 0 Å². The van der Waals surface area contributed by atoms with Crippen LogP contribution in [0.1, 0.15) is 35.1 Å². The average Bonchev–Trinajstić information content (AvgIpc) is 2.47. The molecule has 0 unspecified atom stereocenters. The first kappa shape index (κ1) is 15.8. The maximum absolute atomic E-state index is 11.0. The molecule has 1 N–H and O–H groups in total. The molecule has 1 aromatic carbocycles. The Balaban J connectivity index is 2.11. The zero-order valence-electron chi connectivity index (χ0n) is 13.4. The van der Waals surface area contributed by atoms with E-state index in [0.29, 0.717) is 0 Å². The van der Waals surface area contributed by atoms with Crippen LogP contribution in [0.25, 0.3) is 0 Å². The van der Waals surface area contributed by atoms with Gasteiger partial charge in [0.25, 0.3) is 0 Å². The van der Waals surface area contributed by atoms with Crippen LogP contribution in [0.2, 0.25) is 0 Å². The summed E-state index contributed by atoms with van der Waals surface area (Å²) in [4.78, 5) is 13.4. The van der Waals surface area contributed by atoms with Crippen molar-refractivity contribution in [2.75, 3.05) is 20.2 Å². The molecule has 1 heterocycles. The van der Waals surface area contributed by atoms with E-state index in [1.54, 1.807) is 7.11 Å². The van der Waals surface area contributed by atoms with E-state index in [2.05, 4.69) is 31.7 Å². The van der Waals surface area contributed by atoms with Crippen molar-refractivity contribution < 1.29 is 14.6 Å². The lowest BCUT2D eigenvalue weighted by Gasteiger charge is -2.31. The Kier molecular flexibility index (Phi) is 4.88. The Morgan fingerprint density at radius 1 is 1.29 bits per heavy atom. The summed E-state index contributed by atoms with van der Waals surface area (Å²) in [7, 11) is 1.71. The van der Waals surface area contributed by atoms with Crippen molar-refractivity contribution in [1.82, 2.24) is 4.90 Å². The number of methoxy groups -OCH3 is 1. The molecular formula is C17H25NO3. The lowest BCUT2D eigenvalue weighted by atomic mass is 9.94. The predicted octanol–water partition coefficient (Wildman–Crippen LogP) is 2.92. The molecule has 0 spiro atoms. The maximum atomic E-state index is 11.0. The smallest absolute Gasteiger partial charge is 0.306 e. The highest BCUT2D eigenvalue weighted by molar-refractivity contribution is 5.70. The van der Waals surface area contributed by atoms with Crippen molar-refractivity contribution in [2.24, 2.45) is 5.92 Å². The van der Waals surface area contributed by atoms with Crippen LogP contribution in [0, 0.1) is 26.7 Å². The summed E-state index contributed by atoms with van der Waals surface area (Å²) in [6, 6.07) is 2.10. The molecule has 0 aliphatic carbocycles. The van der Waals surface area contributed by atoms with Gasteiger partial charge in [-0.05, 0) is 75.0 Å². The molecule has 0 amide bonds. The molecule has 0 atom stereocenters. The molecule has 0 bridgehead atoms. The van der Waals surface area contributed by atoms with Gasteiger partial charge in [-0.15, -0.1) is 0 Å². The Morgan fingerprint density at radius 2 is 1.90 bits per heavy atom. The van der Waals surface area contributed by atoms with Crippen LogP contribution in [0.5, 0.6) is 5.75 Å². The highest BCUT2D eigenvalue weighted by Crippen LogP contribution is 2.29. The average molecular weight is 291 g/mol. The van der Waals surface area contributed by atoms with E-state index in [0.717, 1.165) is 38.2 Å². The Hall–Kier alpha value is -1.55. The molecular weight excluding hydrogens is 266 g/mol. The Morgan fingerprint density at radius 3 is 2.43 bits per heavy atom. The van der Waals surface area contributed by atoms with Gasteiger partial charge < -0.3 is 9.84 Å². The monoisotopic (exact) mass is 291 g/mol. The first-order valence-electron chi connectivity index (χ1n) is 7.52. The number of carboxylic acid groups (broad SMARTS) is 1. The van der Waals surface area contributed by atoms with Crippen molar-refractivity contribution in [3.8, 4) is 5.75 Å². The van der Waals surface area contributed by atoms with E-state index in [1.165, 1.54) is 22.3 Å². The molecule has 1 fully saturated rings. The van der Waals surface area contributed by atoms with Gasteiger partial charge in [0.15, 0.2) is 0 Å². The number of nitrogens with zero attached hydrogens (tertiary/aromatic N) is 1. The topological polar surface area (TPSA) is 49.8 Å². The van der Waals surface area contributed by atoms with Gasteiger partial charge in [-0.25, -0.2) is 0 Å². The molecule has 0 aromatic heterocycles. The second-order valence-electron chi connectivity index (χ2n) is 6.01. The fourth-order valence-corrected chi connectivity index (χ4v) is 3.12. The largest absolute Gasteiger partial charge is 0.496 e. The minimum atomic E-state index is -0.651. The maximum Gasteiger partial charge on any atom is 0.306 e. The minimum Gasteiger partial charge on any atom is -0.496 e.